The molecular weight excluding hydrogens is 276 g/mol. The summed E-state index contributed by atoms with van der Waals surface area (Å²) in [6, 6.07) is 0.771. The molecular formula is C10H5F6N3. The van der Waals surface area contributed by atoms with Crippen LogP contribution in [0.2, 0.25) is 0 Å². The van der Waals surface area contributed by atoms with Gasteiger partial charge in [0.25, 0.3) is 0 Å². The fourth-order valence-electron chi connectivity index (χ4n) is 1.57. The molecule has 0 saturated heterocycles. The number of hydrogen-bond acceptors (Lipinski definition) is 3. The molecule has 2 rings (SSSR count). The van der Waals surface area contributed by atoms with Crippen LogP contribution in [0.25, 0.3) is 10.9 Å². The minimum atomic E-state index is -4.89. The van der Waals surface area contributed by atoms with E-state index in [9.17, 15) is 26.3 Å². The Morgan fingerprint density at radius 2 is 1.53 bits per heavy atom. The zero-order valence-corrected chi connectivity index (χ0v) is 8.97. The molecule has 2 aromatic rings. The summed E-state index contributed by atoms with van der Waals surface area (Å²) in [5.41, 5.74) is 1.46. The van der Waals surface area contributed by atoms with Gasteiger partial charge in [0.15, 0.2) is 5.69 Å². The van der Waals surface area contributed by atoms with Crippen LogP contribution in [-0.4, -0.2) is 9.97 Å². The maximum atomic E-state index is 12.7. The lowest BCUT2D eigenvalue weighted by molar-refractivity contribution is -0.142. The monoisotopic (exact) mass is 281 g/mol. The van der Waals surface area contributed by atoms with Crippen LogP contribution >= 0.6 is 0 Å². The third-order valence-electron chi connectivity index (χ3n) is 2.32. The Hall–Kier alpha value is -2.06. The number of hydrogen-bond donors (Lipinski definition) is 1. The van der Waals surface area contributed by atoms with E-state index in [4.69, 9.17) is 5.73 Å². The highest BCUT2D eigenvalue weighted by atomic mass is 19.4. The van der Waals surface area contributed by atoms with Gasteiger partial charge in [0.2, 0.25) is 0 Å². The predicted octanol–water partition coefficient (Wildman–Crippen LogP) is 3.25. The highest BCUT2D eigenvalue weighted by Gasteiger charge is 2.39. The number of rotatable bonds is 0. The van der Waals surface area contributed by atoms with Crippen molar-refractivity contribution >= 4 is 16.6 Å². The van der Waals surface area contributed by atoms with E-state index in [1.165, 1.54) is 0 Å². The molecule has 0 unspecified atom stereocenters. The van der Waals surface area contributed by atoms with Gasteiger partial charge in [-0.15, -0.1) is 0 Å². The molecule has 0 bridgehead atoms. The summed E-state index contributed by atoms with van der Waals surface area (Å²) in [5, 5.41) is -0.776. The molecule has 102 valence electrons. The van der Waals surface area contributed by atoms with Crippen LogP contribution in [0.3, 0.4) is 0 Å². The standard InChI is InChI=1S/C10H5F6N3/c11-9(12,13)6-3-19-8(10(14,15)16)5-1-4(17)2-18-7(5)6/h1-3H,17H2. The number of alkyl halides is 6. The number of nitrogen functional groups attached to an aromatic ring is 1. The summed E-state index contributed by atoms with van der Waals surface area (Å²) in [6.45, 7) is 0. The van der Waals surface area contributed by atoms with Crippen molar-refractivity contribution in [2.75, 3.05) is 5.73 Å². The number of nitrogens with zero attached hydrogens (tertiary/aromatic N) is 2. The van der Waals surface area contributed by atoms with E-state index >= 15 is 0 Å². The van der Waals surface area contributed by atoms with Crippen LogP contribution in [0.5, 0.6) is 0 Å². The summed E-state index contributed by atoms with van der Waals surface area (Å²) in [5.74, 6) is 0. The van der Waals surface area contributed by atoms with Crippen molar-refractivity contribution in [2.24, 2.45) is 0 Å². The zero-order valence-electron chi connectivity index (χ0n) is 8.97. The van der Waals surface area contributed by atoms with E-state index in [1.54, 1.807) is 0 Å². The largest absolute Gasteiger partial charge is 0.434 e. The number of halogens is 6. The Morgan fingerprint density at radius 3 is 2.05 bits per heavy atom. The van der Waals surface area contributed by atoms with E-state index in [-0.39, 0.29) is 11.9 Å². The Balaban J connectivity index is 2.88. The van der Waals surface area contributed by atoms with Crippen molar-refractivity contribution in [3.63, 3.8) is 0 Å². The number of fused-ring (bicyclic) bond motifs is 1. The lowest BCUT2D eigenvalue weighted by Crippen LogP contribution is -2.14. The molecule has 9 heteroatoms. The number of aromatic nitrogens is 2. The molecule has 0 spiro atoms. The summed E-state index contributed by atoms with van der Waals surface area (Å²) in [4.78, 5) is 6.18. The topological polar surface area (TPSA) is 51.8 Å². The third-order valence-corrected chi connectivity index (χ3v) is 2.32. The van der Waals surface area contributed by atoms with Crippen molar-refractivity contribution in [1.29, 1.82) is 0 Å². The van der Waals surface area contributed by atoms with Gasteiger partial charge >= 0.3 is 12.4 Å². The molecule has 2 N–H and O–H groups in total. The second kappa shape index (κ2) is 3.97. The Kier molecular flexibility index (Phi) is 2.79. The first kappa shape index (κ1) is 13.4. The van der Waals surface area contributed by atoms with E-state index in [0.29, 0.717) is 0 Å². The highest BCUT2D eigenvalue weighted by molar-refractivity contribution is 5.86. The average Bonchev–Trinajstić information content (AvgIpc) is 2.24. The predicted molar refractivity (Wildman–Crippen MR) is 54.0 cm³/mol. The first-order valence-corrected chi connectivity index (χ1v) is 4.79. The van der Waals surface area contributed by atoms with Gasteiger partial charge in [0, 0.05) is 11.6 Å². The summed E-state index contributed by atoms with van der Waals surface area (Å²) in [7, 11) is 0. The van der Waals surface area contributed by atoms with E-state index in [1.807, 2.05) is 0 Å². The molecule has 0 aliphatic rings. The van der Waals surface area contributed by atoms with Gasteiger partial charge < -0.3 is 5.73 Å². The molecule has 0 aliphatic heterocycles. The maximum Gasteiger partial charge on any atom is 0.434 e. The SMILES string of the molecule is Nc1cnc2c(C(F)(F)F)cnc(C(F)(F)F)c2c1. The zero-order chi connectivity index (χ0) is 14.4. The lowest BCUT2D eigenvalue weighted by Gasteiger charge is -2.13. The first-order chi connectivity index (χ1) is 8.60. The normalized spacial score (nSPS) is 12.9. The molecule has 3 nitrogen and oxygen atoms in total. The molecule has 0 amide bonds. The average molecular weight is 281 g/mol. The Bertz CT molecular complexity index is 631. The molecule has 0 saturated carbocycles. The van der Waals surface area contributed by atoms with E-state index in [2.05, 4.69) is 9.97 Å². The molecule has 0 fully saturated rings. The van der Waals surface area contributed by atoms with Crippen LogP contribution in [0.1, 0.15) is 11.3 Å². The van der Waals surface area contributed by atoms with Gasteiger partial charge in [-0.05, 0) is 6.07 Å². The van der Waals surface area contributed by atoms with Crippen LogP contribution < -0.4 is 5.73 Å². The van der Waals surface area contributed by atoms with Gasteiger partial charge in [-0.2, -0.15) is 26.3 Å². The van der Waals surface area contributed by atoms with Gasteiger partial charge in [-0.25, -0.2) is 0 Å². The van der Waals surface area contributed by atoms with Crippen molar-refractivity contribution in [3.05, 3.63) is 29.7 Å². The fourth-order valence-corrected chi connectivity index (χ4v) is 1.57. The number of nitrogens with two attached hydrogens (primary N) is 1. The molecule has 2 aromatic heterocycles. The van der Waals surface area contributed by atoms with Crippen molar-refractivity contribution in [2.45, 2.75) is 12.4 Å². The summed E-state index contributed by atoms with van der Waals surface area (Å²) in [6.07, 6.45) is -8.76. The van der Waals surface area contributed by atoms with Crippen LogP contribution in [-0.2, 0) is 12.4 Å². The molecule has 2 heterocycles. The minimum absolute atomic E-state index is 0.119. The summed E-state index contributed by atoms with van der Waals surface area (Å²) < 4.78 is 76.0. The van der Waals surface area contributed by atoms with E-state index < -0.39 is 34.5 Å². The van der Waals surface area contributed by atoms with E-state index in [0.717, 1.165) is 12.3 Å². The lowest BCUT2D eigenvalue weighted by atomic mass is 10.1. The molecule has 19 heavy (non-hydrogen) atoms. The molecule has 0 aromatic carbocycles. The van der Waals surface area contributed by atoms with Crippen LogP contribution in [0.15, 0.2) is 18.5 Å². The third kappa shape index (κ3) is 2.40. The number of anilines is 1. The summed E-state index contributed by atoms with van der Waals surface area (Å²) >= 11 is 0. The fraction of sp³-hybridized carbons (Fsp3) is 0.200. The minimum Gasteiger partial charge on any atom is -0.397 e. The van der Waals surface area contributed by atoms with Crippen molar-refractivity contribution in [1.82, 2.24) is 9.97 Å². The van der Waals surface area contributed by atoms with Crippen molar-refractivity contribution in [3.8, 4) is 0 Å². The first-order valence-electron chi connectivity index (χ1n) is 4.79. The second-order valence-corrected chi connectivity index (χ2v) is 3.68. The smallest absolute Gasteiger partial charge is 0.397 e. The molecule has 0 aliphatic carbocycles. The van der Waals surface area contributed by atoms with Gasteiger partial charge in [-0.1, -0.05) is 0 Å². The molecule has 0 atom stereocenters. The highest BCUT2D eigenvalue weighted by Crippen LogP contribution is 2.38. The van der Waals surface area contributed by atoms with Crippen LogP contribution in [0, 0.1) is 0 Å². The van der Waals surface area contributed by atoms with Crippen LogP contribution in [0.4, 0.5) is 32.0 Å². The van der Waals surface area contributed by atoms with Gasteiger partial charge in [-0.3, -0.25) is 9.97 Å². The maximum absolute atomic E-state index is 12.7. The Morgan fingerprint density at radius 1 is 0.895 bits per heavy atom. The number of pyridine rings is 2. The second-order valence-electron chi connectivity index (χ2n) is 3.68. The molecule has 0 radical (unpaired) electrons. The van der Waals surface area contributed by atoms with Crippen molar-refractivity contribution < 1.29 is 26.3 Å². The van der Waals surface area contributed by atoms with Gasteiger partial charge in [0.1, 0.15) is 5.56 Å². The van der Waals surface area contributed by atoms with Gasteiger partial charge in [0.05, 0.1) is 17.4 Å². The quantitative estimate of drug-likeness (QED) is 0.754. The Labute approximate surface area is 102 Å².